The standard InChI is InChI=1S/C28H26F3N7O4S/c1-5-21(39)36-11-12-37(16(3)14-36)25-17-13-20(31)23(22-18(29)7-6-8-19(22)30)34-26(17)38(28(40)35-25)24-15(2)9-10-33-27(24)43(41,42)32-4/h5-10,13,16,32H,1,11-12,14H2,2-4H3/t16-/m0/s1. The molecule has 3 aromatic heterocycles. The van der Waals surface area contributed by atoms with Crippen molar-refractivity contribution in [2.45, 2.75) is 24.9 Å². The first-order valence-electron chi connectivity index (χ1n) is 13.0. The van der Waals surface area contributed by atoms with Crippen LogP contribution in [0, 0.1) is 24.4 Å². The van der Waals surface area contributed by atoms with Crippen LogP contribution in [0.15, 0.2) is 59.0 Å². The fourth-order valence-electron chi connectivity index (χ4n) is 5.12. The van der Waals surface area contributed by atoms with Crippen LogP contribution in [0.5, 0.6) is 0 Å². The van der Waals surface area contributed by atoms with Crippen molar-refractivity contribution in [3.63, 3.8) is 0 Å². The third-order valence-electron chi connectivity index (χ3n) is 7.23. The number of fused-ring (bicyclic) bond motifs is 1. The molecule has 4 aromatic rings. The molecule has 1 atom stereocenters. The van der Waals surface area contributed by atoms with Crippen molar-refractivity contribution in [1.82, 2.24) is 29.1 Å². The average Bonchev–Trinajstić information content (AvgIpc) is 2.97. The van der Waals surface area contributed by atoms with E-state index in [4.69, 9.17) is 0 Å². The zero-order valence-corrected chi connectivity index (χ0v) is 24.1. The molecule has 0 spiro atoms. The van der Waals surface area contributed by atoms with Gasteiger partial charge < -0.3 is 9.80 Å². The topological polar surface area (TPSA) is 130 Å². The van der Waals surface area contributed by atoms with Gasteiger partial charge >= 0.3 is 5.69 Å². The van der Waals surface area contributed by atoms with Gasteiger partial charge in [-0.05, 0) is 56.8 Å². The Balaban J connectivity index is 1.87. The summed E-state index contributed by atoms with van der Waals surface area (Å²) in [5.74, 6) is -3.58. The lowest BCUT2D eigenvalue weighted by Crippen LogP contribution is -2.54. The van der Waals surface area contributed by atoms with Crippen molar-refractivity contribution < 1.29 is 26.4 Å². The number of carbonyl (C=O) groups excluding carboxylic acids is 1. The molecule has 15 heteroatoms. The van der Waals surface area contributed by atoms with Gasteiger partial charge in [0, 0.05) is 31.9 Å². The minimum absolute atomic E-state index is 0.000902. The van der Waals surface area contributed by atoms with E-state index in [1.807, 2.05) is 0 Å². The van der Waals surface area contributed by atoms with E-state index in [0.717, 1.165) is 35.9 Å². The van der Waals surface area contributed by atoms with Crippen LogP contribution in [0.4, 0.5) is 19.0 Å². The fourth-order valence-corrected chi connectivity index (χ4v) is 6.02. The fraction of sp³-hybridized carbons (Fsp3) is 0.250. The zero-order chi connectivity index (χ0) is 31.2. The third-order valence-corrected chi connectivity index (χ3v) is 8.57. The van der Waals surface area contributed by atoms with Crippen LogP contribution >= 0.6 is 0 Å². The normalized spacial score (nSPS) is 15.6. The molecule has 0 bridgehead atoms. The van der Waals surface area contributed by atoms with Crippen LogP contribution in [0.3, 0.4) is 0 Å². The smallest absolute Gasteiger partial charge is 0.350 e. The highest BCUT2D eigenvalue weighted by atomic mass is 32.2. The Bertz CT molecular complexity index is 1950. The average molecular weight is 614 g/mol. The number of nitrogens with zero attached hydrogens (tertiary/aromatic N) is 6. The molecule has 0 radical (unpaired) electrons. The number of piperazine rings is 1. The molecule has 43 heavy (non-hydrogen) atoms. The number of nitrogens with one attached hydrogen (secondary N) is 1. The number of aromatic nitrogens is 4. The van der Waals surface area contributed by atoms with Crippen molar-refractivity contribution in [2.75, 3.05) is 31.6 Å². The van der Waals surface area contributed by atoms with Gasteiger partial charge in [-0.25, -0.2) is 45.6 Å². The molecule has 1 amide bonds. The molecule has 1 aromatic carbocycles. The molecule has 5 rings (SSSR count). The van der Waals surface area contributed by atoms with Crippen LogP contribution in [-0.4, -0.2) is 71.5 Å². The van der Waals surface area contributed by atoms with Crippen LogP contribution in [0.2, 0.25) is 0 Å². The molecule has 1 aliphatic rings. The predicted molar refractivity (Wildman–Crippen MR) is 153 cm³/mol. The number of benzene rings is 1. The van der Waals surface area contributed by atoms with Crippen molar-refractivity contribution in [2.24, 2.45) is 0 Å². The van der Waals surface area contributed by atoms with Crippen molar-refractivity contribution >= 4 is 32.8 Å². The van der Waals surface area contributed by atoms with Gasteiger partial charge in [0.15, 0.2) is 16.5 Å². The molecule has 0 unspecified atom stereocenters. The Kier molecular flexibility index (Phi) is 7.79. The second-order valence-corrected chi connectivity index (χ2v) is 11.7. The number of hydrogen-bond acceptors (Lipinski definition) is 8. The summed E-state index contributed by atoms with van der Waals surface area (Å²) < 4.78 is 74.3. The third kappa shape index (κ3) is 5.14. The predicted octanol–water partition coefficient (Wildman–Crippen LogP) is 2.70. The summed E-state index contributed by atoms with van der Waals surface area (Å²) in [6.45, 7) is 7.47. The number of carbonyl (C=O) groups is 1. The molecule has 0 aliphatic carbocycles. The Labute approximate surface area is 244 Å². The first-order valence-corrected chi connectivity index (χ1v) is 14.5. The number of amides is 1. The van der Waals surface area contributed by atoms with Gasteiger partial charge in [0.2, 0.25) is 5.91 Å². The lowest BCUT2D eigenvalue weighted by Gasteiger charge is -2.40. The SMILES string of the molecule is C=CC(=O)N1CCN(c2nc(=O)n(-c3c(C)ccnc3S(=O)(=O)NC)c3nc(-c4c(F)cccc4F)c(F)cc23)[C@@H](C)C1. The lowest BCUT2D eigenvalue weighted by atomic mass is 10.1. The number of rotatable bonds is 6. The highest BCUT2D eigenvalue weighted by molar-refractivity contribution is 7.89. The summed E-state index contributed by atoms with van der Waals surface area (Å²) in [7, 11) is -3.09. The van der Waals surface area contributed by atoms with Gasteiger partial charge in [-0.15, -0.1) is 0 Å². The van der Waals surface area contributed by atoms with Gasteiger partial charge in [0.1, 0.15) is 23.1 Å². The molecule has 4 heterocycles. The highest BCUT2D eigenvalue weighted by Gasteiger charge is 2.32. The first-order chi connectivity index (χ1) is 20.4. The van der Waals surface area contributed by atoms with Gasteiger partial charge in [0.25, 0.3) is 10.0 Å². The Hall–Kier alpha value is -4.63. The summed E-state index contributed by atoms with van der Waals surface area (Å²) in [6.07, 6.45) is 2.42. The van der Waals surface area contributed by atoms with Gasteiger partial charge in [-0.2, -0.15) is 4.98 Å². The lowest BCUT2D eigenvalue weighted by molar-refractivity contribution is -0.126. The maximum Gasteiger partial charge on any atom is 0.355 e. The Morgan fingerprint density at radius 2 is 1.81 bits per heavy atom. The molecule has 11 nitrogen and oxygen atoms in total. The van der Waals surface area contributed by atoms with E-state index < -0.39 is 55.5 Å². The number of anilines is 1. The van der Waals surface area contributed by atoms with Crippen molar-refractivity contribution in [1.29, 1.82) is 0 Å². The number of pyridine rings is 2. The summed E-state index contributed by atoms with van der Waals surface area (Å²) in [6, 6.07) is 4.97. The minimum Gasteiger partial charge on any atom is -0.350 e. The van der Waals surface area contributed by atoms with E-state index >= 15 is 4.39 Å². The van der Waals surface area contributed by atoms with Crippen LogP contribution in [0.25, 0.3) is 28.0 Å². The van der Waals surface area contributed by atoms with Gasteiger partial charge in [-0.3, -0.25) is 4.79 Å². The van der Waals surface area contributed by atoms with E-state index in [9.17, 15) is 26.8 Å². The van der Waals surface area contributed by atoms with E-state index in [2.05, 4.69) is 26.3 Å². The molecular weight excluding hydrogens is 587 g/mol. The molecule has 224 valence electrons. The summed E-state index contributed by atoms with van der Waals surface area (Å²) in [5, 5.41) is -0.577. The number of halogens is 3. The van der Waals surface area contributed by atoms with Crippen molar-refractivity contribution in [3.05, 3.63) is 82.7 Å². The van der Waals surface area contributed by atoms with E-state index in [1.165, 1.54) is 25.3 Å². The number of aryl methyl sites for hydroxylation is 1. The molecule has 1 saturated heterocycles. The van der Waals surface area contributed by atoms with Crippen LogP contribution in [-0.2, 0) is 14.8 Å². The largest absolute Gasteiger partial charge is 0.355 e. The monoisotopic (exact) mass is 613 g/mol. The number of hydrogen-bond donors (Lipinski definition) is 1. The highest BCUT2D eigenvalue weighted by Crippen LogP contribution is 2.34. The number of sulfonamides is 1. The molecule has 0 saturated carbocycles. The quantitative estimate of drug-likeness (QED) is 0.329. The van der Waals surface area contributed by atoms with Crippen molar-refractivity contribution in [3.8, 4) is 16.9 Å². The molecule has 1 aliphatic heterocycles. The molecule has 1 fully saturated rings. The summed E-state index contributed by atoms with van der Waals surface area (Å²) in [4.78, 5) is 41.7. The second kappa shape index (κ2) is 11.2. The Morgan fingerprint density at radius 1 is 1.12 bits per heavy atom. The minimum atomic E-state index is -4.25. The van der Waals surface area contributed by atoms with E-state index in [1.54, 1.807) is 16.7 Å². The first kappa shape index (κ1) is 29.8. The van der Waals surface area contributed by atoms with Gasteiger partial charge in [-0.1, -0.05) is 12.6 Å². The molecule has 1 N–H and O–H groups in total. The van der Waals surface area contributed by atoms with Gasteiger partial charge in [0.05, 0.1) is 16.6 Å². The maximum absolute atomic E-state index is 15.7. The Morgan fingerprint density at radius 3 is 2.44 bits per heavy atom. The second-order valence-electron chi connectivity index (χ2n) is 9.86. The van der Waals surface area contributed by atoms with E-state index in [-0.39, 0.29) is 53.6 Å². The molecular formula is C28H26F3N7O4S. The van der Waals surface area contributed by atoms with Crippen LogP contribution < -0.4 is 15.3 Å². The van der Waals surface area contributed by atoms with E-state index in [0.29, 0.717) is 0 Å². The summed E-state index contributed by atoms with van der Waals surface area (Å²) >= 11 is 0. The summed E-state index contributed by atoms with van der Waals surface area (Å²) in [5.41, 5.74) is -2.76. The maximum atomic E-state index is 15.7. The zero-order valence-electron chi connectivity index (χ0n) is 23.3. The van der Waals surface area contributed by atoms with Crippen LogP contribution in [0.1, 0.15) is 12.5 Å².